The van der Waals surface area contributed by atoms with Gasteiger partial charge in [-0.15, -0.1) is 10.2 Å². The largest absolute Gasteiger partial charge is 0.497 e. The van der Waals surface area contributed by atoms with Crippen LogP contribution in [0.1, 0.15) is 0 Å². The van der Waals surface area contributed by atoms with Crippen molar-refractivity contribution in [2.24, 2.45) is 10.2 Å². The smallest absolute Gasteiger partial charge is 0.295 e. The number of hydrogen-bond donors (Lipinski definition) is 2. The minimum atomic E-state index is -4.43. The lowest BCUT2D eigenvalue weighted by molar-refractivity contribution is 0.415. The first-order valence-corrected chi connectivity index (χ1v) is 10.3. The Labute approximate surface area is 164 Å². The normalized spacial score (nSPS) is 12.2. The van der Waals surface area contributed by atoms with E-state index in [1.165, 1.54) is 29.5 Å². The molecule has 0 bridgehead atoms. The summed E-state index contributed by atoms with van der Waals surface area (Å²) in [5, 5.41) is 9.50. The summed E-state index contributed by atoms with van der Waals surface area (Å²) in [6.45, 7) is 0. The predicted octanol–water partition coefficient (Wildman–Crippen LogP) is 4.70. The monoisotopic (exact) mass is 414 g/mol. The van der Waals surface area contributed by atoms with Gasteiger partial charge in [-0.3, -0.25) is 4.55 Å². The summed E-state index contributed by atoms with van der Waals surface area (Å²) in [6, 6.07) is 13.1. The minimum Gasteiger partial charge on any atom is -0.497 e. The van der Waals surface area contributed by atoms with Gasteiger partial charge in [0, 0.05) is 16.5 Å². The van der Waals surface area contributed by atoms with Crippen LogP contribution in [0.2, 0.25) is 0 Å². The van der Waals surface area contributed by atoms with Crippen molar-refractivity contribution >= 4 is 59.0 Å². The van der Waals surface area contributed by atoms with Crippen molar-refractivity contribution in [1.29, 1.82) is 0 Å². The van der Waals surface area contributed by atoms with E-state index in [1.807, 2.05) is 18.2 Å². The van der Waals surface area contributed by atoms with E-state index in [0.29, 0.717) is 16.2 Å². The maximum atomic E-state index is 11.7. The Bertz CT molecular complexity index is 1350. The molecule has 0 unspecified atom stereocenters. The van der Waals surface area contributed by atoms with Gasteiger partial charge in [-0.25, -0.2) is 4.98 Å². The average molecular weight is 414 g/mol. The lowest BCUT2D eigenvalue weighted by Crippen LogP contribution is -2.01. The molecule has 8 nitrogen and oxygen atoms in total. The zero-order chi connectivity index (χ0) is 19.9. The number of aromatic nitrogens is 1. The molecule has 0 fully saturated rings. The third-order valence-corrected chi connectivity index (χ3v) is 5.92. The van der Waals surface area contributed by atoms with Crippen LogP contribution in [0.3, 0.4) is 0 Å². The molecule has 0 radical (unpaired) electrons. The van der Waals surface area contributed by atoms with Crippen molar-refractivity contribution in [3.63, 3.8) is 0 Å². The molecular weight excluding hydrogens is 400 g/mol. The van der Waals surface area contributed by atoms with E-state index in [4.69, 9.17) is 10.5 Å². The van der Waals surface area contributed by atoms with Gasteiger partial charge in [0.25, 0.3) is 10.1 Å². The fourth-order valence-corrected chi connectivity index (χ4v) is 4.40. The van der Waals surface area contributed by atoms with Crippen LogP contribution in [0, 0.1) is 0 Å². The van der Waals surface area contributed by atoms with Gasteiger partial charge in [-0.2, -0.15) is 8.42 Å². The van der Waals surface area contributed by atoms with Gasteiger partial charge in [0.1, 0.15) is 10.6 Å². The van der Waals surface area contributed by atoms with Crippen LogP contribution in [-0.2, 0) is 10.1 Å². The van der Waals surface area contributed by atoms with Gasteiger partial charge in [-0.05, 0) is 36.4 Å². The fraction of sp³-hybridized carbons (Fsp3) is 0.0556. The van der Waals surface area contributed by atoms with E-state index in [2.05, 4.69) is 15.2 Å². The molecule has 1 heterocycles. The lowest BCUT2D eigenvalue weighted by atomic mass is 10.1. The van der Waals surface area contributed by atoms with Crippen molar-refractivity contribution < 1.29 is 17.7 Å². The first kappa shape index (κ1) is 18.3. The Kier molecular flexibility index (Phi) is 4.46. The molecule has 3 aromatic carbocycles. The summed E-state index contributed by atoms with van der Waals surface area (Å²) >= 11 is 1.35. The highest BCUT2D eigenvalue weighted by molar-refractivity contribution is 7.86. The van der Waals surface area contributed by atoms with Gasteiger partial charge in [0.2, 0.25) is 5.13 Å². The van der Waals surface area contributed by atoms with Crippen molar-refractivity contribution in [1.82, 2.24) is 4.98 Å². The molecule has 142 valence electrons. The molecular formula is C18H14N4O4S2. The quantitative estimate of drug-likeness (QED) is 0.283. The summed E-state index contributed by atoms with van der Waals surface area (Å²) in [7, 11) is -2.84. The van der Waals surface area contributed by atoms with Crippen molar-refractivity contribution in [2.75, 3.05) is 12.8 Å². The highest BCUT2D eigenvalue weighted by Gasteiger charge is 2.17. The number of hydrogen-bond acceptors (Lipinski definition) is 8. The van der Waals surface area contributed by atoms with Gasteiger partial charge in [-0.1, -0.05) is 23.5 Å². The molecule has 0 atom stereocenters. The van der Waals surface area contributed by atoms with Crippen molar-refractivity contribution in [3.8, 4) is 5.75 Å². The average Bonchev–Trinajstić information content (AvgIpc) is 3.08. The molecule has 10 heteroatoms. The highest BCUT2D eigenvalue weighted by atomic mass is 32.2. The molecule has 4 aromatic rings. The van der Waals surface area contributed by atoms with E-state index < -0.39 is 10.1 Å². The third kappa shape index (κ3) is 3.28. The standard InChI is InChI=1S/C18H14N4O4S2/c1-26-10-5-7-14-15(9-10)27-18(20-14)22-21-13-8-6-12(19)17-11(13)3-2-4-16(17)28(23,24)25/h2-9H,19H2,1H3,(H,23,24,25). The summed E-state index contributed by atoms with van der Waals surface area (Å²) in [6.07, 6.45) is 0. The van der Waals surface area contributed by atoms with Crippen LogP contribution < -0.4 is 10.5 Å². The van der Waals surface area contributed by atoms with E-state index in [1.54, 1.807) is 19.2 Å². The summed E-state index contributed by atoms with van der Waals surface area (Å²) < 4.78 is 38.9. The number of benzene rings is 3. The fourth-order valence-electron chi connectivity index (χ4n) is 2.85. The second kappa shape index (κ2) is 6.82. The number of nitrogens with zero attached hydrogens (tertiary/aromatic N) is 3. The van der Waals surface area contributed by atoms with Crippen LogP contribution in [0.5, 0.6) is 5.75 Å². The van der Waals surface area contributed by atoms with Gasteiger partial charge in [0.15, 0.2) is 0 Å². The third-order valence-electron chi connectivity index (χ3n) is 4.12. The molecule has 0 aliphatic heterocycles. The van der Waals surface area contributed by atoms with E-state index in [-0.39, 0.29) is 16.0 Å². The van der Waals surface area contributed by atoms with E-state index in [0.717, 1.165) is 16.0 Å². The SMILES string of the molecule is COc1ccc2nc(N=Nc3ccc(N)c4c(S(=O)(=O)O)cccc34)sc2c1. The van der Waals surface area contributed by atoms with E-state index in [9.17, 15) is 13.0 Å². The van der Waals surface area contributed by atoms with E-state index >= 15 is 0 Å². The topological polar surface area (TPSA) is 127 Å². The van der Waals surface area contributed by atoms with Crippen LogP contribution in [0.4, 0.5) is 16.5 Å². The molecule has 0 spiro atoms. The van der Waals surface area contributed by atoms with Gasteiger partial charge < -0.3 is 10.5 Å². The highest BCUT2D eigenvalue weighted by Crippen LogP contribution is 2.36. The van der Waals surface area contributed by atoms with Crippen LogP contribution >= 0.6 is 11.3 Å². The minimum absolute atomic E-state index is 0.204. The molecule has 4 rings (SSSR count). The van der Waals surface area contributed by atoms with Crippen LogP contribution in [-0.4, -0.2) is 25.1 Å². The number of azo groups is 1. The van der Waals surface area contributed by atoms with Crippen molar-refractivity contribution in [2.45, 2.75) is 4.90 Å². The first-order valence-electron chi connectivity index (χ1n) is 8.02. The number of anilines is 1. The van der Waals surface area contributed by atoms with Gasteiger partial charge in [0.05, 0.1) is 23.0 Å². The number of nitrogen functional groups attached to an aromatic ring is 1. The zero-order valence-electron chi connectivity index (χ0n) is 14.5. The van der Waals surface area contributed by atoms with Crippen molar-refractivity contribution in [3.05, 3.63) is 48.5 Å². The number of methoxy groups -OCH3 is 1. The maximum Gasteiger partial charge on any atom is 0.295 e. The number of nitrogens with two attached hydrogens (primary N) is 1. The first-order chi connectivity index (χ1) is 13.4. The number of ether oxygens (including phenoxy) is 1. The number of fused-ring (bicyclic) bond motifs is 2. The molecule has 28 heavy (non-hydrogen) atoms. The van der Waals surface area contributed by atoms with Gasteiger partial charge >= 0.3 is 0 Å². The van der Waals surface area contributed by atoms with Crippen LogP contribution in [0.25, 0.3) is 21.0 Å². The molecule has 0 saturated carbocycles. The number of thiazole rings is 1. The Morgan fingerprint density at radius 2 is 1.96 bits per heavy atom. The molecule has 0 aliphatic rings. The molecule has 0 aliphatic carbocycles. The molecule has 3 N–H and O–H groups in total. The lowest BCUT2D eigenvalue weighted by Gasteiger charge is -2.08. The summed E-state index contributed by atoms with van der Waals surface area (Å²) in [5.74, 6) is 0.724. The summed E-state index contributed by atoms with van der Waals surface area (Å²) in [5.41, 5.74) is 7.34. The Hall–Kier alpha value is -3.08. The molecule has 0 saturated heterocycles. The second-order valence-corrected chi connectivity index (χ2v) is 8.26. The number of rotatable bonds is 4. The summed E-state index contributed by atoms with van der Waals surface area (Å²) in [4.78, 5) is 4.13. The Balaban J connectivity index is 1.81. The zero-order valence-corrected chi connectivity index (χ0v) is 16.2. The maximum absolute atomic E-state index is 11.7. The Morgan fingerprint density at radius 3 is 2.71 bits per heavy atom. The molecule has 0 amide bonds. The predicted molar refractivity (Wildman–Crippen MR) is 109 cm³/mol. The van der Waals surface area contributed by atoms with Crippen LogP contribution in [0.15, 0.2) is 63.7 Å². The molecule has 1 aromatic heterocycles. The Morgan fingerprint density at radius 1 is 1.14 bits per heavy atom. The second-order valence-electron chi connectivity index (χ2n) is 5.86.